The van der Waals surface area contributed by atoms with Crippen molar-refractivity contribution >= 4 is 6.21 Å². The third-order valence-electron chi connectivity index (χ3n) is 7.93. The molecule has 7 N–H and O–H groups in total. The van der Waals surface area contributed by atoms with Crippen LogP contribution in [0.25, 0.3) is 0 Å². The monoisotopic (exact) mass is 585 g/mol. The van der Waals surface area contributed by atoms with Crippen LogP contribution in [0.3, 0.4) is 0 Å². The van der Waals surface area contributed by atoms with Crippen molar-refractivity contribution in [1.29, 1.82) is 0 Å². The van der Waals surface area contributed by atoms with Gasteiger partial charge in [0.2, 0.25) is 0 Å². The van der Waals surface area contributed by atoms with Crippen LogP contribution < -0.4 is 20.7 Å². The summed E-state index contributed by atoms with van der Waals surface area (Å²) in [4.78, 5) is 4.72. The first kappa shape index (κ1) is 34.0. The highest BCUT2D eigenvalue weighted by Gasteiger charge is 2.36. The number of unbranched alkanes of at least 4 members (excludes halogenated alkanes) is 1. The molecular formula is C33H53N4O5+. The minimum absolute atomic E-state index is 0.0561. The van der Waals surface area contributed by atoms with E-state index < -0.39 is 6.10 Å². The van der Waals surface area contributed by atoms with Gasteiger partial charge in [-0.2, -0.15) is 0 Å². The second-order valence-electron chi connectivity index (χ2n) is 11.4. The highest BCUT2D eigenvalue weighted by Crippen LogP contribution is 2.32. The molecule has 3 rings (SSSR count). The Morgan fingerprint density at radius 1 is 1.19 bits per heavy atom. The molecule has 2 heterocycles. The van der Waals surface area contributed by atoms with E-state index in [9.17, 15) is 15.3 Å². The van der Waals surface area contributed by atoms with E-state index in [2.05, 4.69) is 42.8 Å². The van der Waals surface area contributed by atoms with Crippen LogP contribution in [-0.4, -0.2) is 90.5 Å². The third kappa shape index (κ3) is 10.0. The molecule has 9 nitrogen and oxygen atoms in total. The molecule has 42 heavy (non-hydrogen) atoms. The Hall–Kier alpha value is -2.53. The number of phenolic OH excluding ortho intramolecular Hbond substituents is 1. The van der Waals surface area contributed by atoms with Crippen molar-refractivity contribution in [2.45, 2.75) is 84.1 Å². The number of aliphatic hydroxyl groups excluding tert-OH is 2. The molecule has 5 atom stereocenters. The van der Waals surface area contributed by atoms with Gasteiger partial charge in [0.25, 0.3) is 0 Å². The summed E-state index contributed by atoms with van der Waals surface area (Å²) in [6.45, 7) is 10.6. The lowest BCUT2D eigenvalue weighted by atomic mass is 9.88. The number of aryl methyl sites for hydroxylation is 1. The molecule has 1 aromatic carbocycles. The van der Waals surface area contributed by atoms with Gasteiger partial charge >= 0.3 is 0 Å². The number of hydrogen-bond acceptors (Lipinski definition) is 8. The summed E-state index contributed by atoms with van der Waals surface area (Å²) in [7, 11) is 1.93. The number of nitrogens with one attached hydrogen (secondary N) is 3. The minimum Gasteiger partial charge on any atom is -0.504 e. The molecule has 1 aromatic rings. The Balaban J connectivity index is 1.59. The zero-order valence-electron chi connectivity index (χ0n) is 26.1. The highest BCUT2D eigenvalue weighted by molar-refractivity contribution is 5.83. The number of rotatable bonds is 20. The van der Waals surface area contributed by atoms with Crippen molar-refractivity contribution in [3.05, 3.63) is 59.2 Å². The summed E-state index contributed by atoms with van der Waals surface area (Å²) < 4.78 is 11.0. The van der Waals surface area contributed by atoms with Crippen LogP contribution in [0.5, 0.6) is 11.5 Å². The van der Waals surface area contributed by atoms with Crippen LogP contribution in [0.1, 0.15) is 58.9 Å². The van der Waals surface area contributed by atoms with Gasteiger partial charge in [0.15, 0.2) is 23.2 Å². The van der Waals surface area contributed by atoms with Gasteiger partial charge in [0, 0.05) is 32.2 Å². The molecule has 0 saturated heterocycles. The largest absolute Gasteiger partial charge is 0.504 e. The van der Waals surface area contributed by atoms with Gasteiger partial charge in [0.1, 0.15) is 30.9 Å². The average molecular weight is 586 g/mol. The van der Waals surface area contributed by atoms with Crippen molar-refractivity contribution in [3.8, 4) is 11.5 Å². The van der Waals surface area contributed by atoms with E-state index in [1.165, 1.54) is 0 Å². The first-order valence-electron chi connectivity index (χ1n) is 15.5. The average Bonchev–Trinajstić information content (AvgIpc) is 3.63. The molecule has 0 aliphatic carbocycles. The lowest BCUT2D eigenvalue weighted by Gasteiger charge is -2.24. The lowest BCUT2D eigenvalue weighted by molar-refractivity contribution is -0.0550. The summed E-state index contributed by atoms with van der Waals surface area (Å²) >= 11 is 0. The van der Waals surface area contributed by atoms with Crippen molar-refractivity contribution in [2.75, 3.05) is 39.9 Å². The minimum atomic E-state index is -0.412. The van der Waals surface area contributed by atoms with Crippen LogP contribution in [0.2, 0.25) is 0 Å². The maximum atomic E-state index is 10.5. The number of nitrogens with zero attached hydrogens (tertiary/aromatic N) is 1. The number of allylic oxidation sites excluding steroid dienone is 1. The first-order chi connectivity index (χ1) is 20.3. The Kier molecular flexibility index (Phi) is 14.2. The van der Waals surface area contributed by atoms with Gasteiger partial charge in [0.05, 0.1) is 18.1 Å². The Labute approximate surface area is 252 Å². The first-order valence-corrected chi connectivity index (χ1v) is 15.5. The van der Waals surface area contributed by atoms with Crippen LogP contribution in [0.4, 0.5) is 0 Å². The predicted molar refractivity (Wildman–Crippen MR) is 170 cm³/mol. The van der Waals surface area contributed by atoms with Gasteiger partial charge in [-0.15, -0.1) is 16.6 Å². The zero-order valence-corrected chi connectivity index (χ0v) is 26.1. The van der Waals surface area contributed by atoms with Gasteiger partial charge in [-0.3, -0.25) is 5.32 Å². The van der Waals surface area contributed by atoms with Gasteiger partial charge < -0.3 is 35.4 Å². The number of hydrogen-bond donors (Lipinski definition) is 6. The molecule has 0 radical (unpaired) electrons. The Morgan fingerprint density at radius 3 is 2.69 bits per heavy atom. The molecule has 0 amide bonds. The number of phenols is 1. The molecule has 0 fully saturated rings. The summed E-state index contributed by atoms with van der Waals surface area (Å²) in [6.07, 6.45) is 11.5. The molecular weight excluding hydrogens is 532 g/mol. The number of likely N-dealkylation sites (N-methyl/N-ethyl adjacent to an activating group) is 2. The molecule has 234 valence electrons. The van der Waals surface area contributed by atoms with Gasteiger partial charge in [-0.25, -0.2) is 0 Å². The second-order valence-corrected chi connectivity index (χ2v) is 11.4. The fourth-order valence-electron chi connectivity index (χ4n) is 5.37. The fraction of sp³-hybridized carbons (Fsp3) is 0.606. The van der Waals surface area contributed by atoms with Crippen LogP contribution in [0, 0.1) is 17.9 Å². The van der Waals surface area contributed by atoms with E-state index in [0.717, 1.165) is 74.0 Å². The molecule has 2 aliphatic heterocycles. The van der Waals surface area contributed by atoms with E-state index >= 15 is 0 Å². The number of benzene rings is 1. The summed E-state index contributed by atoms with van der Waals surface area (Å²) in [5.41, 5.74) is 2.97. The maximum absolute atomic E-state index is 10.5. The van der Waals surface area contributed by atoms with Crippen LogP contribution in [-0.2, 0) is 6.42 Å². The number of aliphatic imine (C=N–C) groups is 1. The maximum Gasteiger partial charge on any atom is 0.196 e. The lowest BCUT2D eigenvalue weighted by Crippen LogP contribution is -2.46. The molecule has 2 aliphatic rings. The van der Waals surface area contributed by atoms with E-state index in [4.69, 9.17) is 14.5 Å². The highest BCUT2D eigenvalue weighted by atomic mass is 16.5. The Bertz CT molecular complexity index is 1040. The van der Waals surface area contributed by atoms with Crippen molar-refractivity contribution in [2.24, 2.45) is 10.9 Å². The third-order valence-corrected chi connectivity index (χ3v) is 7.93. The number of aliphatic hydroxyl groups is 4. The molecule has 0 aromatic heterocycles. The smallest absolute Gasteiger partial charge is 0.196 e. The normalized spacial score (nSPS) is 19.5. The van der Waals surface area contributed by atoms with Crippen molar-refractivity contribution in [3.63, 3.8) is 0 Å². The van der Waals surface area contributed by atoms with Crippen LogP contribution >= 0.6 is 0 Å². The Morgan fingerprint density at radius 2 is 2.00 bits per heavy atom. The van der Waals surface area contributed by atoms with Crippen molar-refractivity contribution < 1.29 is 24.8 Å². The van der Waals surface area contributed by atoms with Crippen LogP contribution in [0.15, 0.2) is 46.6 Å². The summed E-state index contributed by atoms with van der Waals surface area (Å²) in [5, 5.41) is 40.2. The summed E-state index contributed by atoms with van der Waals surface area (Å²) in [6, 6.07) is 5.52. The number of ether oxygens (including phenoxy) is 2. The van der Waals surface area contributed by atoms with Gasteiger partial charge in [-0.05, 0) is 64.4 Å². The SMILES string of the molecule is CCCCC1[OH+][C-](CCc2ccc(O)c(OC[C@H](NCC)C3=C[C+]([C@H](C)[C@H](CNC)NC[C@H](C)O)C=N3)c2)C=C1CO. The molecule has 0 saturated carbocycles. The standard InChI is InChI=1S/C33H52N4O5/c1-6-8-9-32-26(20-38)15-27(42-32)12-10-24-11-13-31(40)33(14-24)41-21-30(35-7-2)28-16-25(18-37-28)23(4)29(19-34-5)36-17-22(3)39/h11,13-16,18,22-23,29-30,32,34-36,38-39,42H,6-10,12,17,19-21H2,1-5H3/p+1/t22-,23-,29-,30-,32?/m0/s1. The molecule has 1 unspecified atom stereocenters. The van der Waals surface area contributed by atoms with Crippen molar-refractivity contribution in [1.82, 2.24) is 16.0 Å². The van der Waals surface area contributed by atoms with E-state index in [0.29, 0.717) is 18.9 Å². The second kappa shape index (κ2) is 17.6. The van der Waals surface area contributed by atoms with E-state index in [-0.39, 0.29) is 36.5 Å². The predicted octanol–water partition coefficient (Wildman–Crippen LogP) is 2.97. The molecule has 0 spiro atoms. The van der Waals surface area contributed by atoms with E-state index in [1.54, 1.807) is 13.0 Å². The van der Waals surface area contributed by atoms with Gasteiger partial charge in [-0.1, -0.05) is 26.3 Å². The number of aromatic hydroxyl groups is 1. The zero-order chi connectivity index (χ0) is 30.5. The quantitative estimate of drug-likeness (QED) is 0.102. The topological polar surface area (TPSA) is 131 Å². The fourth-order valence-corrected chi connectivity index (χ4v) is 5.37. The molecule has 0 bridgehead atoms. The molecule has 9 heteroatoms. The van der Waals surface area contributed by atoms with E-state index in [1.807, 2.05) is 31.5 Å². The summed E-state index contributed by atoms with van der Waals surface area (Å²) in [5.74, 6) is 1.88.